The fourth-order valence-electron chi connectivity index (χ4n) is 3.83. The molecule has 0 fully saturated rings. The Hall–Kier alpha value is -3.56. The van der Waals surface area contributed by atoms with Gasteiger partial charge in [0, 0.05) is 42.4 Å². The van der Waals surface area contributed by atoms with E-state index in [9.17, 15) is 8.78 Å². The van der Waals surface area contributed by atoms with E-state index in [0.29, 0.717) is 31.0 Å². The lowest BCUT2D eigenvalue weighted by atomic mass is 10.0. The molecule has 4 rings (SSSR count). The summed E-state index contributed by atoms with van der Waals surface area (Å²) in [5, 5.41) is 18.4. The molecule has 0 bridgehead atoms. The molecule has 8 nitrogen and oxygen atoms in total. The Morgan fingerprint density at radius 1 is 1.00 bits per heavy atom. The number of pyridine rings is 1. The van der Waals surface area contributed by atoms with E-state index >= 15 is 0 Å². The van der Waals surface area contributed by atoms with Crippen molar-refractivity contribution in [3.63, 3.8) is 0 Å². The van der Waals surface area contributed by atoms with Crippen molar-refractivity contribution < 1.29 is 8.78 Å². The summed E-state index contributed by atoms with van der Waals surface area (Å²) >= 11 is 0. The first kappa shape index (κ1) is 23.6. The Morgan fingerprint density at radius 3 is 2.50 bits per heavy atom. The number of aromatic amines is 1. The number of hydrogen-bond acceptors (Lipinski definition) is 6. The van der Waals surface area contributed by atoms with Gasteiger partial charge in [0.05, 0.1) is 0 Å². The molecular weight excluding hydrogens is 438 g/mol. The molecule has 1 aromatic carbocycles. The minimum Gasteiger partial charge on any atom is -0.260 e. The van der Waals surface area contributed by atoms with Crippen molar-refractivity contribution in [1.82, 2.24) is 40.4 Å². The Bertz CT molecular complexity index is 1190. The van der Waals surface area contributed by atoms with Crippen molar-refractivity contribution in [2.75, 3.05) is 0 Å². The first-order valence-corrected chi connectivity index (χ1v) is 11.6. The Balaban J connectivity index is 1.58. The molecule has 178 valence electrons. The number of unbranched alkanes of at least 4 members (excludes halogenated alkanes) is 2. The molecule has 0 amide bonds. The van der Waals surface area contributed by atoms with Gasteiger partial charge in [0.15, 0.2) is 0 Å². The molecule has 0 aliphatic carbocycles. The van der Waals surface area contributed by atoms with Gasteiger partial charge in [-0.05, 0) is 29.7 Å². The molecule has 10 heteroatoms. The van der Waals surface area contributed by atoms with Crippen LogP contribution in [0.2, 0.25) is 0 Å². The summed E-state index contributed by atoms with van der Waals surface area (Å²) < 4.78 is 30.6. The van der Waals surface area contributed by atoms with Crippen LogP contribution in [0.25, 0.3) is 22.5 Å². The van der Waals surface area contributed by atoms with Crippen LogP contribution in [0.1, 0.15) is 63.3 Å². The second-order valence-electron chi connectivity index (χ2n) is 8.23. The van der Waals surface area contributed by atoms with Crippen LogP contribution in [0.5, 0.6) is 0 Å². The van der Waals surface area contributed by atoms with Crippen LogP contribution in [0.15, 0.2) is 42.6 Å². The third-order valence-electron chi connectivity index (χ3n) is 5.60. The average molecular weight is 467 g/mol. The number of nitrogens with one attached hydrogen (secondary N) is 1. The molecule has 1 N–H and O–H groups in total. The molecule has 0 saturated heterocycles. The average Bonchev–Trinajstić information content (AvgIpc) is 3.51. The van der Waals surface area contributed by atoms with Gasteiger partial charge in [-0.1, -0.05) is 57.0 Å². The second-order valence-corrected chi connectivity index (χ2v) is 8.23. The summed E-state index contributed by atoms with van der Waals surface area (Å²) in [6.07, 6.45) is 5.10. The molecule has 3 aromatic heterocycles. The summed E-state index contributed by atoms with van der Waals surface area (Å²) in [5.74, 6) is -2.42. The van der Waals surface area contributed by atoms with Gasteiger partial charge in [0.1, 0.15) is 5.82 Å². The fourth-order valence-corrected chi connectivity index (χ4v) is 3.83. The number of halogens is 2. The van der Waals surface area contributed by atoms with Crippen LogP contribution >= 0.6 is 0 Å². The first-order chi connectivity index (χ1) is 16.5. The van der Waals surface area contributed by atoms with Gasteiger partial charge in [0.25, 0.3) is 0 Å². The molecule has 0 atom stereocenters. The number of H-pyrrole nitrogens is 1. The molecule has 3 heterocycles. The Labute approximate surface area is 196 Å². The van der Waals surface area contributed by atoms with Crippen molar-refractivity contribution in [3.05, 3.63) is 59.9 Å². The number of hydrogen-bond donors (Lipinski definition) is 1. The highest BCUT2D eigenvalue weighted by molar-refractivity contribution is 5.79. The Morgan fingerprint density at radius 2 is 1.82 bits per heavy atom. The lowest BCUT2D eigenvalue weighted by molar-refractivity contribution is -0.0232. The lowest BCUT2D eigenvalue weighted by Gasteiger charge is -2.10. The van der Waals surface area contributed by atoms with Crippen LogP contribution in [-0.4, -0.2) is 40.4 Å². The summed E-state index contributed by atoms with van der Waals surface area (Å²) in [6, 6.07) is 11.6. The monoisotopic (exact) mass is 466 g/mol. The maximum atomic E-state index is 14.5. The topological polar surface area (TPSA) is 98.1 Å². The molecule has 4 aromatic rings. The van der Waals surface area contributed by atoms with Gasteiger partial charge in [-0.2, -0.15) is 14.0 Å². The summed E-state index contributed by atoms with van der Waals surface area (Å²) in [5.41, 5.74) is 3.38. The van der Waals surface area contributed by atoms with Crippen LogP contribution in [0.4, 0.5) is 8.78 Å². The number of tetrazole rings is 1. The third kappa shape index (κ3) is 5.32. The fraction of sp³-hybridized carbons (Fsp3) is 0.417. The number of aromatic nitrogens is 8. The van der Waals surface area contributed by atoms with E-state index in [0.717, 1.165) is 41.6 Å². The lowest BCUT2D eigenvalue weighted by Crippen LogP contribution is -2.15. The summed E-state index contributed by atoms with van der Waals surface area (Å²) in [7, 11) is 0. The molecule has 0 unspecified atom stereocenters. The van der Waals surface area contributed by atoms with Gasteiger partial charge in [-0.15, -0.1) is 15.3 Å². The first-order valence-electron chi connectivity index (χ1n) is 11.6. The van der Waals surface area contributed by atoms with E-state index in [2.05, 4.69) is 42.6 Å². The van der Waals surface area contributed by atoms with Crippen LogP contribution in [0.3, 0.4) is 0 Å². The van der Waals surface area contributed by atoms with Gasteiger partial charge >= 0.3 is 5.92 Å². The van der Waals surface area contributed by atoms with E-state index < -0.39 is 11.7 Å². The minimum absolute atomic E-state index is 0.266. The quantitative estimate of drug-likeness (QED) is 0.305. The van der Waals surface area contributed by atoms with Crippen molar-refractivity contribution in [2.45, 2.75) is 64.8 Å². The van der Waals surface area contributed by atoms with E-state index in [1.165, 1.54) is 0 Å². The SMILES string of the molecule is CCCCCn1nc(C(F)(F)CCC)nc1Cc1ccc(-c2ccccc2-c2nn[nH]n2)cn1. The zero-order valence-electron chi connectivity index (χ0n) is 19.4. The van der Waals surface area contributed by atoms with Crippen LogP contribution < -0.4 is 0 Å². The second kappa shape index (κ2) is 10.6. The molecule has 0 aliphatic heterocycles. The highest BCUT2D eigenvalue weighted by Gasteiger charge is 2.36. The Kier molecular flexibility index (Phi) is 7.34. The molecule has 0 spiro atoms. The predicted octanol–water partition coefficient (Wildman–Crippen LogP) is 5.19. The molecule has 0 radical (unpaired) electrons. The normalized spacial score (nSPS) is 11.8. The number of nitrogens with zero attached hydrogens (tertiary/aromatic N) is 7. The van der Waals surface area contributed by atoms with E-state index in [1.54, 1.807) is 17.8 Å². The van der Waals surface area contributed by atoms with E-state index in [-0.39, 0.29) is 6.42 Å². The van der Waals surface area contributed by atoms with Crippen LogP contribution in [0, 0.1) is 0 Å². The van der Waals surface area contributed by atoms with Crippen molar-refractivity contribution in [3.8, 4) is 22.5 Å². The summed E-state index contributed by atoms with van der Waals surface area (Å²) in [6.45, 7) is 4.40. The largest absolute Gasteiger partial charge is 0.308 e. The van der Waals surface area contributed by atoms with Gasteiger partial charge in [-0.25, -0.2) is 9.67 Å². The van der Waals surface area contributed by atoms with Gasteiger partial charge < -0.3 is 0 Å². The molecule has 0 saturated carbocycles. The maximum absolute atomic E-state index is 14.5. The number of alkyl halides is 2. The molecular formula is C24H28F2N8. The molecule has 34 heavy (non-hydrogen) atoms. The van der Waals surface area contributed by atoms with Crippen molar-refractivity contribution >= 4 is 0 Å². The number of aryl methyl sites for hydroxylation is 1. The third-order valence-corrected chi connectivity index (χ3v) is 5.60. The van der Waals surface area contributed by atoms with Gasteiger partial charge in [-0.3, -0.25) is 4.98 Å². The smallest absolute Gasteiger partial charge is 0.260 e. The standard InChI is InChI=1S/C24H28F2N8/c1-3-5-8-14-34-21(28-23(31-34)24(25,26)13-4-2)15-18-12-11-17(16-27-18)19-9-6-7-10-20(19)22-29-32-33-30-22/h6-7,9-12,16H,3-5,8,13-15H2,1-2H3,(H,29,30,32,33). The van der Waals surface area contributed by atoms with Gasteiger partial charge in [0.2, 0.25) is 11.6 Å². The van der Waals surface area contributed by atoms with Crippen LogP contribution in [-0.2, 0) is 18.9 Å². The van der Waals surface area contributed by atoms with Crippen molar-refractivity contribution in [2.24, 2.45) is 0 Å². The number of benzene rings is 1. The highest BCUT2D eigenvalue weighted by Crippen LogP contribution is 2.31. The van der Waals surface area contributed by atoms with E-state index in [1.807, 2.05) is 36.4 Å². The zero-order chi connectivity index (χ0) is 24.0. The summed E-state index contributed by atoms with van der Waals surface area (Å²) in [4.78, 5) is 8.82. The zero-order valence-corrected chi connectivity index (χ0v) is 19.4. The number of rotatable bonds is 11. The highest BCUT2D eigenvalue weighted by atomic mass is 19.3. The van der Waals surface area contributed by atoms with Crippen molar-refractivity contribution in [1.29, 1.82) is 0 Å². The predicted molar refractivity (Wildman–Crippen MR) is 124 cm³/mol. The minimum atomic E-state index is -3.03. The molecule has 0 aliphatic rings. The maximum Gasteiger partial charge on any atom is 0.308 e. The van der Waals surface area contributed by atoms with E-state index in [4.69, 9.17) is 0 Å².